The van der Waals surface area contributed by atoms with Crippen molar-refractivity contribution < 1.29 is 9.53 Å². The fourth-order valence-electron chi connectivity index (χ4n) is 3.57. The van der Waals surface area contributed by atoms with E-state index in [1.54, 1.807) is 11.0 Å². The van der Waals surface area contributed by atoms with Gasteiger partial charge in [-0.25, -0.2) is 4.68 Å². The third-order valence-corrected chi connectivity index (χ3v) is 5.14. The van der Waals surface area contributed by atoms with Crippen molar-refractivity contribution in [2.45, 2.75) is 38.8 Å². The van der Waals surface area contributed by atoms with Crippen molar-refractivity contribution in [2.24, 2.45) is 5.92 Å². The summed E-state index contributed by atoms with van der Waals surface area (Å²) in [6.07, 6.45) is 4.20. The first-order valence-electron chi connectivity index (χ1n) is 8.54. The Morgan fingerprint density at radius 2 is 2.00 bits per heavy atom. The Morgan fingerprint density at radius 3 is 2.65 bits per heavy atom. The number of likely N-dealkylation sites (tertiary alicyclic amines) is 1. The van der Waals surface area contributed by atoms with E-state index in [-0.39, 0.29) is 5.91 Å². The average Bonchev–Trinajstić information content (AvgIpc) is 3.13. The lowest BCUT2D eigenvalue weighted by Gasteiger charge is -2.41. The molecule has 1 aromatic heterocycles. The van der Waals surface area contributed by atoms with Gasteiger partial charge >= 0.3 is 0 Å². The standard InChI is InChI=1S/C15H26N6O2/c1-13(19-8-10-23-11-9-19)14-2-5-20(6-3-14)15(22)4-7-21-12-16-17-18-21/h12-14H,2-11H2,1H3. The number of carbonyl (C=O) groups is 1. The fourth-order valence-corrected chi connectivity index (χ4v) is 3.57. The van der Waals surface area contributed by atoms with Crippen molar-refractivity contribution in [3.8, 4) is 0 Å². The molecule has 128 valence electrons. The zero-order valence-electron chi connectivity index (χ0n) is 13.8. The van der Waals surface area contributed by atoms with Gasteiger partial charge in [-0.3, -0.25) is 9.69 Å². The number of nitrogens with zero attached hydrogens (tertiary/aromatic N) is 6. The van der Waals surface area contributed by atoms with E-state index in [2.05, 4.69) is 27.3 Å². The minimum atomic E-state index is 0.206. The van der Waals surface area contributed by atoms with Crippen LogP contribution in [0.25, 0.3) is 0 Å². The first kappa shape index (κ1) is 16.3. The number of hydrogen-bond donors (Lipinski definition) is 0. The highest BCUT2D eigenvalue weighted by molar-refractivity contribution is 5.76. The van der Waals surface area contributed by atoms with Crippen molar-refractivity contribution >= 4 is 5.91 Å². The molecule has 0 aromatic carbocycles. The maximum absolute atomic E-state index is 12.3. The largest absolute Gasteiger partial charge is 0.379 e. The highest BCUT2D eigenvalue weighted by Gasteiger charge is 2.29. The molecule has 1 aromatic rings. The van der Waals surface area contributed by atoms with Crippen LogP contribution < -0.4 is 0 Å². The molecular weight excluding hydrogens is 296 g/mol. The van der Waals surface area contributed by atoms with Crippen molar-refractivity contribution in [3.05, 3.63) is 6.33 Å². The van der Waals surface area contributed by atoms with Crippen LogP contribution in [0.15, 0.2) is 6.33 Å². The second kappa shape index (κ2) is 7.83. The van der Waals surface area contributed by atoms with Crippen LogP contribution in [0.2, 0.25) is 0 Å². The van der Waals surface area contributed by atoms with Gasteiger partial charge in [0.1, 0.15) is 6.33 Å². The van der Waals surface area contributed by atoms with Gasteiger partial charge < -0.3 is 9.64 Å². The molecule has 23 heavy (non-hydrogen) atoms. The predicted octanol–water partition coefficient (Wildman–Crippen LogP) is 0.0225. The molecule has 2 aliphatic heterocycles. The predicted molar refractivity (Wildman–Crippen MR) is 83.6 cm³/mol. The van der Waals surface area contributed by atoms with Gasteiger partial charge in [0.25, 0.3) is 0 Å². The van der Waals surface area contributed by atoms with Crippen LogP contribution in [0.3, 0.4) is 0 Å². The first-order valence-corrected chi connectivity index (χ1v) is 8.54. The minimum Gasteiger partial charge on any atom is -0.379 e. The Labute approximate surface area is 136 Å². The molecule has 1 unspecified atom stereocenters. The van der Waals surface area contributed by atoms with Crippen LogP contribution in [-0.2, 0) is 16.1 Å². The summed E-state index contributed by atoms with van der Waals surface area (Å²) in [5, 5.41) is 11.0. The summed E-state index contributed by atoms with van der Waals surface area (Å²) in [5.74, 6) is 0.884. The van der Waals surface area contributed by atoms with Crippen LogP contribution in [-0.4, -0.2) is 81.3 Å². The van der Waals surface area contributed by atoms with Gasteiger partial charge in [0, 0.05) is 38.6 Å². The van der Waals surface area contributed by atoms with Crippen molar-refractivity contribution in [2.75, 3.05) is 39.4 Å². The van der Waals surface area contributed by atoms with Gasteiger partial charge in [-0.05, 0) is 36.1 Å². The van der Waals surface area contributed by atoms with E-state index in [9.17, 15) is 4.79 Å². The van der Waals surface area contributed by atoms with E-state index in [4.69, 9.17) is 4.74 Å². The Balaban J connectivity index is 1.41. The van der Waals surface area contributed by atoms with Gasteiger partial charge in [0.05, 0.1) is 19.8 Å². The van der Waals surface area contributed by atoms with Crippen molar-refractivity contribution in [1.82, 2.24) is 30.0 Å². The number of rotatable bonds is 5. The Hall–Kier alpha value is -1.54. The van der Waals surface area contributed by atoms with Gasteiger partial charge in [0.15, 0.2) is 0 Å². The topological polar surface area (TPSA) is 76.4 Å². The summed E-state index contributed by atoms with van der Waals surface area (Å²) in [6.45, 7) is 8.37. The number of morpholine rings is 1. The molecule has 3 rings (SSSR count). The minimum absolute atomic E-state index is 0.206. The molecule has 1 atom stereocenters. The second-order valence-corrected chi connectivity index (χ2v) is 6.43. The first-order chi connectivity index (χ1) is 11.2. The monoisotopic (exact) mass is 322 g/mol. The average molecular weight is 322 g/mol. The summed E-state index contributed by atoms with van der Waals surface area (Å²) in [7, 11) is 0. The van der Waals surface area contributed by atoms with E-state index in [1.165, 1.54) is 0 Å². The van der Waals surface area contributed by atoms with E-state index >= 15 is 0 Å². The van der Waals surface area contributed by atoms with Crippen LogP contribution in [0, 0.1) is 5.92 Å². The number of carbonyl (C=O) groups excluding carboxylic acids is 1. The van der Waals surface area contributed by atoms with Crippen LogP contribution >= 0.6 is 0 Å². The van der Waals surface area contributed by atoms with E-state index < -0.39 is 0 Å². The Kier molecular flexibility index (Phi) is 5.56. The molecule has 8 heteroatoms. The summed E-state index contributed by atoms with van der Waals surface area (Å²) in [5.41, 5.74) is 0. The Bertz CT molecular complexity index is 480. The normalized spacial score (nSPS) is 22.2. The van der Waals surface area contributed by atoms with Gasteiger partial charge in [0.2, 0.25) is 5.91 Å². The van der Waals surface area contributed by atoms with E-state index in [1.807, 2.05) is 4.90 Å². The molecule has 1 amide bonds. The third kappa shape index (κ3) is 4.26. The molecule has 2 saturated heterocycles. The second-order valence-electron chi connectivity index (χ2n) is 6.43. The summed E-state index contributed by atoms with van der Waals surface area (Å²) >= 11 is 0. The molecule has 2 fully saturated rings. The summed E-state index contributed by atoms with van der Waals surface area (Å²) in [6, 6.07) is 0.581. The fraction of sp³-hybridized carbons (Fsp3) is 0.867. The molecule has 2 aliphatic rings. The van der Waals surface area contributed by atoms with Gasteiger partial charge in [-0.15, -0.1) is 5.10 Å². The number of hydrogen-bond acceptors (Lipinski definition) is 6. The maximum atomic E-state index is 12.3. The van der Waals surface area contributed by atoms with Crippen LogP contribution in [0.1, 0.15) is 26.2 Å². The molecule has 0 radical (unpaired) electrons. The molecule has 0 bridgehead atoms. The zero-order chi connectivity index (χ0) is 16.1. The molecule has 8 nitrogen and oxygen atoms in total. The van der Waals surface area contributed by atoms with Crippen LogP contribution in [0.4, 0.5) is 0 Å². The number of tetrazole rings is 1. The maximum Gasteiger partial charge on any atom is 0.224 e. The number of aryl methyl sites for hydroxylation is 1. The third-order valence-electron chi connectivity index (χ3n) is 5.14. The summed E-state index contributed by atoms with van der Waals surface area (Å²) < 4.78 is 7.04. The van der Waals surface area contributed by atoms with Gasteiger partial charge in [-0.1, -0.05) is 0 Å². The summed E-state index contributed by atoms with van der Waals surface area (Å²) in [4.78, 5) is 16.8. The van der Waals surface area contributed by atoms with Crippen LogP contribution in [0.5, 0.6) is 0 Å². The highest BCUT2D eigenvalue weighted by Crippen LogP contribution is 2.25. The number of aromatic nitrogens is 4. The lowest BCUT2D eigenvalue weighted by molar-refractivity contribution is -0.133. The molecule has 0 saturated carbocycles. The van der Waals surface area contributed by atoms with Crippen molar-refractivity contribution in [3.63, 3.8) is 0 Å². The molecule has 0 aliphatic carbocycles. The number of amides is 1. The van der Waals surface area contributed by atoms with E-state index in [0.717, 1.165) is 52.2 Å². The quantitative estimate of drug-likeness (QED) is 0.761. The SMILES string of the molecule is CC(C1CCN(C(=O)CCn2cnnn2)CC1)N1CCOCC1. The lowest BCUT2D eigenvalue weighted by Crippen LogP contribution is -2.49. The molecule has 0 N–H and O–H groups in total. The Morgan fingerprint density at radius 1 is 1.26 bits per heavy atom. The number of piperidine rings is 1. The smallest absolute Gasteiger partial charge is 0.224 e. The molecule has 3 heterocycles. The molecule has 0 spiro atoms. The zero-order valence-corrected chi connectivity index (χ0v) is 13.8. The van der Waals surface area contributed by atoms with Gasteiger partial charge in [-0.2, -0.15) is 0 Å². The number of ether oxygens (including phenoxy) is 1. The lowest BCUT2D eigenvalue weighted by atomic mass is 9.89. The van der Waals surface area contributed by atoms with Crippen molar-refractivity contribution in [1.29, 1.82) is 0 Å². The van der Waals surface area contributed by atoms with E-state index in [0.29, 0.717) is 24.9 Å². The highest BCUT2D eigenvalue weighted by atomic mass is 16.5. The molecular formula is C15H26N6O2.